The zero-order valence-corrected chi connectivity index (χ0v) is 7.68. The molecular formula is C10H15NO. The minimum atomic E-state index is 0.0726. The fourth-order valence-corrected chi connectivity index (χ4v) is 1.44. The van der Waals surface area contributed by atoms with Gasteiger partial charge in [0, 0.05) is 11.8 Å². The molecule has 12 heavy (non-hydrogen) atoms. The number of nitrogens with one attached hydrogen (secondary N) is 1. The topological polar surface area (TPSA) is 32.9 Å². The number of pyridine rings is 1. The van der Waals surface area contributed by atoms with Gasteiger partial charge in [0.05, 0.1) is 0 Å². The highest BCUT2D eigenvalue weighted by molar-refractivity contribution is 5.23. The van der Waals surface area contributed by atoms with Crippen LogP contribution in [0.15, 0.2) is 17.1 Å². The lowest BCUT2D eigenvalue weighted by atomic mass is 10.0. The third-order valence-electron chi connectivity index (χ3n) is 2.03. The molecule has 0 spiro atoms. The molecule has 1 aromatic heterocycles. The molecule has 0 radical (unpaired) electrons. The van der Waals surface area contributed by atoms with Gasteiger partial charge in [-0.05, 0) is 24.5 Å². The Labute approximate surface area is 72.6 Å². The molecule has 0 bridgehead atoms. The van der Waals surface area contributed by atoms with Crippen molar-refractivity contribution in [2.75, 3.05) is 0 Å². The zero-order valence-electron chi connectivity index (χ0n) is 7.68. The molecule has 0 aliphatic heterocycles. The first-order valence-corrected chi connectivity index (χ1v) is 4.49. The second-order valence-electron chi connectivity index (χ2n) is 2.91. The summed E-state index contributed by atoms with van der Waals surface area (Å²) in [4.78, 5) is 14.0. The van der Waals surface area contributed by atoms with Crippen molar-refractivity contribution in [1.29, 1.82) is 0 Å². The molecule has 0 fully saturated rings. The van der Waals surface area contributed by atoms with E-state index in [1.54, 1.807) is 6.20 Å². The maximum absolute atomic E-state index is 11.3. The fourth-order valence-electron chi connectivity index (χ4n) is 1.44. The van der Waals surface area contributed by atoms with E-state index in [0.717, 1.165) is 24.8 Å². The van der Waals surface area contributed by atoms with E-state index in [2.05, 4.69) is 11.9 Å². The lowest BCUT2D eigenvalue weighted by Crippen LogP contribution is -2.13. The highest BCUT2D eigenvalue weighted by atomic mass is 16.1. The van der Waals surface area contributed by atoms with E-state index in [0.29, 0.717) is 0 Å². The van der Waals surface area contributed by atoms with Gasteiger partial charge in [-0.1, -0.05) is 20.3 Å². The molecule has 1 heterocycles. The van der Waals surface area contributed by atoms with Gasteiger partial charge < -0.3 is 4.98 Å². The van der Waals surface area contributed by atoms with Crippen LogP contribution >= 0.6 is 0 Å². The van der Waals surface area contributed by atoms with Crippen molar-refractivity contribution in [3.63, 3.8) is 0 Å². The maximum atomic E-state index is 11.3. The van der Waals surface area contributed by atoms with Crippen molar-refractivity contribution >= 4 is 0 Å². The minimum absolute atomic E-state index is 0.0726. The van der Waals surface area contributed by atoms with Crippen LogP contribution in [0.3, 0.4) is 0 Å². The predicted molar refractivity (Wildman–Crippen MR) is 50.4 cm³/mol. The summed E-state index contributed by atoms with van der Waals surface area (Å²) in [5, 5.41) is 0. The van der Waals surface area contributed by atoms with Gasteiger partial charge in [0.25, 0.3) is 5.56 Å². The highest BCUT2D eigenvalue weighted by Crippen LogP contribution is 2.05. The number of hydrogen-bond acceptors (Lipinski definition) is 1. The van der Waals surface area contributed by atoms with E-state index >= 15 is 0 Å². The van der Waals surface area contributed by atoms with Crippen molar-refractivity contribution in [2.45, 2.75) is 33.1 Å². The van der Waals surface area contributed by atoms with Crippen LogP contribution in [0.4, 0.5) is 0 Å². The molecule has 1 N–H and O–H groups in total. The van der Waals surface area contributed by atoms with E-state index in [1.165, 1.54) is 5.56 Å². The Morgan fingerprint density at radius 2 is 2.17 bits per heavy atom. The van der Waals surface area contributed by atoms with Crippen LogP contribution in [0.25, 0.3) is 0 Å². The van der Waals surface area contributed by atoms with Crippen LogP contribution in [0, 0.1) is 0 Å². The van der Waals surface area contributed by atoms with Gasteiger partial charge in [0.2, 0.25) is 0 Å². The smallest absolute Gasteiger partial charge is 0.251 e. The summed E-state index contributed by atoms with van der Waals surface area (Å²) in [6, 6.07) is 2.00. The lowest BCUT2D eigenvalue weighted by molar-refractivity contribution is 0.884. The molecule has 2 nitrogen and oxygen atoms in total. The monoisotopic (exact) mass is 165 g/mol. The van der Waals surface area contributed by atoms with E-state index < -0.39 is 0 Å². The summed E-state index contributed by atoms with van der Waals surface area (Å²) < 4.78 is 0. The Hall–Kier alpha value is -1.05. The third-order valence-corrected chi connectivity index (χ3v) is 2.03. The van der Waals surface area contributed by atoms with E-state index in [-0.39, 0.29) is 5.56 Å². The Morgan fingerprint density at radius 3 is 2.75 bits per heavy atom. The molecule has 1 aromatic rings. The molecule has 2 heteroatoms. The number of rotatable bonds is 3. The molecule has 66 valence electrons. The number of aromatic nitrogens is 1. The molecule has 0 amide bonds. The van der Waals surface area contributed by atoms with Crippen LogP contribution < -0.4 is 5.56 Å². The average Bonchev–Trinajstić information content (AvgIpc) is 2.05. The minimum Gasteiger partial charge on any atom is -0.329 e. The molecule has 0 saturated heterocycles. The quantitative estimate of drug-likeness (QED) is 0.729. The Balaban J connectivity index is 3.09. The van der Waals surface area contributed by atoms with Crippen molar-refractivity contribution in [3.8, 4) is 0 Å². The molecule has 0 unspecified atom stereocenters. The molecule has 0 atom stereocenters. The van der Waals surface area contributed by atoms with Crippen molar-refractivity contribution in [1.82, 2.24) is 4.98 Å². The Morgan fingerprint density at radius 1 is 1.42 bits per heavy atom. The number of hydrogen-bond donors (Lipinski definition) is 1. The first-order chi connectivity index (χ1) is 5.79. The van der Waals surface area contributed by atoms with E-state index in [4.69, 9.17) is 0 Å². The van der Waals surface area contributed by atoms with Crippen LogP contribution in [0.2, 0.25) is 0 Å². The van der Waals surface area contributed by atoms with Gasteiger partial charge in [0.1, 0.15) is 0 Å². The second-order valence-corrected chi connectivity index (χ2v) is 2.91. The van der Waals surface area contributed by atoms with Gasteiger partial charge in [-0.3, -0.25) is 4.79 Å². The largest absolute Gasteiger partial charge is 0.329 e. The summed E-state index contributed by atoms with van der Waals surface area (Å²) in [5.74, 6) is 0. The summed E-state index contributed by atoms with van der Waals surface area (Å²) >= 11 is 0. The lowest BCUT2D eigenvalue weighted by Gasteiger charge is -2.03. The van der Waals surface area contributed by atoms with E-state index in [9.17, 15) is 4.79 Å². The summed E-state index contributed by atoms with van der Waals surface area (Å²) in [5.41, 5.74) is 2.21. The number of aryl methyl sites for hydroxylation is 1. The van der Waals surface area contributed by atoms with Crippen molar-refractivity contribution in [3.05, 3.63) is 33.7 Å². The standard InChI is InChI=1S/C10H15NO/c1-3-5-8-6-7-11-10(12)9(8)4-2/h6-7H,3-5H2,1-2H3,(H,11,12). The van der Waals surface area contributed by atoms with Gasteiger partial charge in [-0.2, -0.15) is 0 Å². The van der Waals surface area contributed by atoms with Gasteiger partial charge in [-0.15, -0.1) is 0 Å². The normalized spacial score (nSPS) is 10.2. The first-order valence-electron chi connectivity index (χ1n) is 4.49. The van der Waals surface area contributed by atoms with Crippen LogP contribution in [0.1, 0.15) is 31.4 Å². The average molecular weight is 165 g/mol. The van der Waals surface area contributed by atoms with Gasteiger partial charge >= 0.3 is 0 Å². The van der Waals surface area contributed by atoms with Gasteiger partial charge in [-0.25, -0.2) is 0 Å². The maximum Gasteiger partial charge on any atom is 0.251 e. The Kier molecular flexibility index (Phi) is 3.09. The molecule has 0 saturated carbocycles. The molecular weight excluding hydrogens is 150 g/mol. The third kappa shape index (κ3) is 1.76. The fraction of sp³-hybridized carbons (Fsp3) is 0.500. The SMILES string of the molecule is CCCc1cc[nH]c(=O)c1CC. The molecule has 0 aliphatic carbocycles. The van der Waals surface area contributed by atoms with Crippen LogP contribution in [-0.4, -0.2) is 4.98 Å². The summed E-state index contributed by atoms with van der Waals surface area (Å²) in [7, 11) is 0. The van der Waals surface area contributed by atoms with Crippen LogP contribution in [0.5, 0.6) is 0 Å². The highest BCUT2D eigenvalue weighted by Gasteiger charge is 2.02. The number of H-pyrrole nitrogens is 1. The molecule has 1 rings (SSSR count). The second kappa shape index (κ2) is 4.10. The molecule has 0 aromatic carbocycles. The summed E-state index contributed by atoms with van der Waals surface area (Å²) in [6.07, 6.45) is 4.65. The summed E-state index contributed by atoms with van der Waals surface area (Å²) in [6.45, 7) is 4.14. The van der Waals surface area contributed by atoms with Crippen molar-refractivity contribution in [2.24, 2.45) is 0 Å². The Bertz CT molecular complexity index is 301. The van der Waals surface area contributed by atoms with E-state index in [1.807, 2.05) is 13.0 Å². The van der Waals surface area contributed by atoms with Crippen molar-refractivity contribution < 1.29 is 0 Å². The number of aromatic amines is 1. The first kappa shape index (κ1) is 9.04. The zero-order chi connectivity index (χ0) is 8.97. The van der Waals surface area contributed by atoms with Gasteiger partial charge in [0.15, 0.2) is 0 Å². The molecule has 0 aliphatic rings. The van der Waals surface area contributed by atoms with Crippen LogP contribution in [-0.2, 0) is 12.8 Å². The predicted octanol–water partition coefficient (Wildman–Crippen LogP) is 1.89.